The van der Waals surface area contributed by atoms with Gasteiger partial charge in [-0.1, -0.05) is 6.42 Å². The van der Waals surface area contributed by atoms with Gasteiger partial charge in [0.25, 0.3) is 5.56 Å². The fraction of sp³-hybridized carbons (Fsp3) is 0.625. The summed E-state index contributed by atoms with van der Waals surface area (Å²) in [5.41, 5.74) is -0.188. The topological polar surface area (TPSA) is 71.8 Å². The number of aliphatic carboxylic acids is 1. The largest absolute Gasteiger partial charge is 0.487 e. The first-order valence-corrected chi connectivity index (χ1v) is 7.93. The van der Waals surface area contributed by atoms with Crippen molar-refractivity contribution >= 4 is 5.97 Å². The normalized spacial score (nSPS) is 15.6. The molecule has 0 amide bonds. The van der Waals surface area contributed by atoms with E-state index in [0.717, 1.165) is 19.6 Å². The van der Waals surface area contributed by atoms with Crippen molar-refractivity contribution in [2.75, 3.05) is 26.2 Å². The molecule has 0 aromatic carbocycles. The van der Waals surface area contributed by atoms with Gasteiger partial charge in [0.05, 0.1) is 0 Å². The molecule has 1 aliphatic heterocycles. The number of carboxylic acid groups (broad SMARTS) is 1. The smallest absolute Gasteiger partial charge is 0.303 e. The average molecular weight is 308 g/mol. The fourth-order valence-corrected chi connectivity index (χ4v) is 2.67. The van der Waals surface area contributed by atoms with Gasteiger partial charge in [0.2, 0.25) is 0 Å². The Hall–Kier alpha value is -1.82. The van der Waals surface area contributed by atoms with Gasteiger partial charge in [-0.2, -0.15) is 0 Å². The second kappa shape index (κ2) is 8.58. The number of ether oxygens (including phenoxy) is 1. The third kappa shape index (κ3) is 5.18. The van der Waals surface area contributed by atoms with Crippen LogP contribution in [0.2, 0.25) is 0 Å². The van der Waals surface area contributed by atoms with E-state index in [-0.39, 0.29) is 12.0 Å². The van der Waals surface area contributed by atoms with Crippen LogP contribution in [0.4, 0.5) is 0 Å². The number of aryl methyl sites for hydroxylation is 1. The summed E-state index contributed by atoms with van der Waals surface area (Å²) in [5, 5.41) is 8.64. The number of rotatable bonds is 8. The Morgan fingerprint density at radius 3 is 2.73 bits per heavy atom. The van der Waals surface area contributed by atoms with Gasteiger partial charge in [0, 0.05) is 25.7 Å². The maximum absolute atomic E-state index is 12.2. The average Bonchev–Trinajstić information content (AvgIpc) is 2.51. The summed E-state index contributed by atoms with van der Waals surface area (Å²) in [4.78, 5) is 25.1. The predicted molar refractivity (Wildman–Crippen MR) is 83.4 cm³/mol. The van der Waals surface area contributed by atoms with Gasteiger partial charge < -0.3 is 14.4 Å². The van der Waals surface area contributed by atoms with Crippen LogP contribution < -0.4 is 10.3 Å². The lowest BCUT2D eigenvalue weighted by Gasteiger charge is -2.26. The molecule has 0 aliphatic carbocycles. The van der Waals surface area contributed by atoms with Gasteiger partial charge >= 0.3 is 5.97 Å². The van der Waals surface area contributed by atoms with E-state index in [1.165, 1.54) is 23.8 Å². The maximum atomic E-state index is 12.2. The summed E-state index contributed by atoms with van der Waals surface area (Å²) in [6.07, 6.45) is 5.95. The van der Waals surface area contributed by atoms with E-state index in [0.29, 0.717) is 25.3 Å². The number of piperidine rings is 1. The molecule has 0 atom stereocenters. The summed E-state index contributed by atoms with van der Waals surface area (Å²) in [7, 11) is 0. The molecule has 1 N–H and O–H groups in total. The molecule has 6 heteroatoms. The van der Waals surface area contributed by atoms with Gasteiger partial charge in [-0.25, -0.2) is 0 Å². The van der Waals surface area contributed by atoms with Gasteiger partial charge in [0.1, 0.15) is 6.61 Å². The third-order valence-corrected chi connectivity index (χ3v) is 3.89. The SMILES string of the molecule is O=C(O)CCCn1cccc(OCCN2CCCCC2)c1=O. The molecule has 122 valence electrons. The van der Waals surface area contributed by atoms with E-state index in [4.69, 9.17) is 9.84 Å². The highest BCUT2D eigenvalue weighted by Gasteiger charge is 2.10. The Kier molecular flexibility index (Phi) is 6.45. The van der Waals surface area contributed by atoms with Gasteiger partial charge in [0.15, 0.2) is 5.75 Å². The van der Waals surface area contributed by atoms with Crippen LogP contribution in [0.1, 0.15) is 32.1 Å². The Bertz CT molecular complexity index is 535. The molecule has 1 fully saturated rings. The van der Waals surface area contributed by atoms with Crippen LogP contribution in [0, 0.1) is 0 Å². The molecule has 1 aliphatic rings. The number of hydrogen-bond donors (Lipinski definition) is 1. The van der Waals surface area contributed by atoms with Crippen molar-refractivity contribution in [2.45, 2.75) is 38.6 Å². The molecule has 0 spiro atoms. The van der Waals surface area contributed by atoms with E-state index < -0.39 is 5.97 Å². The van der Waals surface area contributed by atoms with Crippen molar-refractivity contribution in [1.29, 1.82) is 0 Å². The van der Waals surface area contributed by atoms with Crippen molar-refractivity contribution in [2.24, 2.45) is 0 Å². The number of carboxylic acids is 1. The minimum absolute atomic E-state index is 0.0620. The first kappa shape index (κ1) is 16.5. The molecule has 0 unspecified atom stereocenters. The zero-order chi connectivity index (χ0) is 15.8. The van der Waals surface area contributed by atoms with Crippen molar-refractivity contribution in [3.05, 3.63) is 28.7 Å². The maximum Gasteiger partial charge on any atom is 0.303 e. The molecular weight excluding hydrogens is 284 g/mol. The Labute approximate surface area is 130 Å². The van der Waals surface area contributed by atoms with Crippen molar-refractivity contribution in [3.63, 3.8) is 0 Å². The molecule has 0 saturated carbocycles. The van der Waals surface area contributed by atoms with Crippen LogP contribution in [0.5, 0.6) is 5.75 Å². The van der Waals surface area contributed by atoms with E-state index in [1.807, 2.05) is 0 Å². The van der Waals surface area contributed by atoms with Gasteiger partial charge in [-0.3, -0.25) is 14.5 Å². The fourth-order valence-electron chi connectivity index (χ4n) is 2.67. The minimum Gasteiger partial charge on any atom is -0.487 e. The molecule has 0 bridgehead atoms. The zero-order valence-corrected chi connectivity index (χ0v) is 12.9. The molecule has 6 nitrogen and oxygen atoms in total. The van der Waals surface area contributed by atoms with E-state index in [1.54, 1.807) is 18.3 Å². The summed E-state index contributed by atoms with van der Waals surface area (Å²) in [6.45, 7) is 3.96. The van der Waals surface area contributed by atoms with Crippen LogP contribution in [-0.4, -0.2) is 46.8 Å². The van der Waals surface area contributed by atoms with Crippen LogP contribution >= 0.6 is 0 Å². The summed E-state index contributed by atoms with van der Waals surface area (Å²) in [5.74, 6) is -0.503. The van der Waals surface area contributed by atoms with E-state index >= 15 is 0 Å². The third-order valence-electron chi connectivity index (χ3n) is 3.89. The second-order valence-electron chi connectivity index (χ2n) is 5.62. The number of aromatic nitrogens is 1. The highest BCUT2D eigenvalue weighted by Crippen LogP contribution is 2.08. The van der Waals surface area contributed by atoms with Crippen molar-refractivity contribution in [3.8, 4) is 5.75 Å². The molecule has 0 radical (unpaired) electrons. The van der Waals surface area contributed by atoms with Crippen LogP contribution in [-0.2, 0) is 11.3 Å². The standard InChI is InChI=1S/C16H24N2O4/c19-15(20)7-5-11-18-10-4-6-14(16(18)21)22-13-12-17-8-2-1-3-9-17/h4,6,10H,1-3,5,7-9,11-13H2,(H,19,20). The minimum atomic E-state index is -0.845. The molecule has 1 aromatic rings. The predicted octanol–water partition coefficient (Wildman–Crippen LogP) is 1.58. The lowest BCUT2D eigenvalue weighted by atomic mass is 10.1. The monoisotopic (exact) mass is 308 g/mol. The number of pyridine rings is 1. The number of nitrogens with zero attached hydrogens (tertiary/aromatic N) is 2. The van der Waals surface area contributed by atoms with Crippen molar-refractivity contribution < 1.29 is 14.6 Å². The van der Waals surface area contributed by atoms with Crippen molar-refractivity contribution in [1.82, 2.24) is 9.47 Å². The number of carbonyl (C=O) groups is 1. The molecule has 1 saturated heterocycles. The number of hydrogen-bond acceptors (Lipinski definition) is 4. The molecule has 2 rings (SSSR count). The second-order valence-corrected chi connectivity index (χ2v) is 5.62. The number of likely N-dealkylation sites (tertiary alicyclic amines) is 1. The Morgan fingerprint density at radius 2 is 2.00 bits per heavy atom. The Balaban J connectivity index is 1.82. The first-order valence-electron chi connectivity index (χ1n) is 7.93. The van der Waals surface area contributed by atoms with E-state index in [9.17, 15) is 9.59 Å². The van der Waals surface area contributed by atoms with Crippen LogP contribution in [0.15, 0.2) is 23.1 Å². The van der Waals surface area contributed by atoms with E-state index in [2.05, 4.69) is 4.90 Å². The summed E-state index contributed by atoms with van der Waals surface area (Å²) in [6, 6.07) is 3.44. The van der Waals surface area contributed by atoms with Crippen LogP contribution in [0.25, 0.3) is 0 Å². The summed E-state index contributed by atoms with van der Waals surface area (Å²) < 4.78 is 7.13. The zero-order valence-electron chi connectivity index (χ0n) is 12.9. The Morgan fingerprint density at radius 1 is 1.23 bits per heavy atom. The molecular formula is C16H24N2O4. The lowest BCUT2D eigenvalue weighted by Crippen LogP contribution is -2.34. The van der Waals surface area contributed by atoms with Gasteiger partial charge in [-0.05, 0) is 44.5 Å². The molecule has 2 heterocycles. The highest BCUT2D eigenvalue weighted by molar-refractivity contribution is 5.66. The van der Waals surface area contributed by atoms with Gasteiger partial charge in [-0.15, -0.1) is 0 Å². The first-order chi connectivity index (χ1) is 10.7. The molecule has 1 aromatic heterocycles. The molecule has 22 heavy (non-hydrogen) atoms. The lowest BCUT2D eigenvalue weighted by molar-refractivity contribution is -0.137. The highest BCUT2D eigenvalue weighted by atomic mass is 16.5. The van der Waals surface area contributed by atoms with Crippen LogP contribution in [0.3, 0.4) is 0 Å². The summed E-state index contributed by atoms with van der Waals surface area (Å²) >= 11 is 0. The quantitative estimate of drug-likeness (QED) is 0.789.